The Labute approximate surface area is 78.9 Å². The molecule has 6 nitrogen and oxygen atoms in total. The van der Waals surface area contributed by atoms with Crippen LogP contribution in [0.4, 0.5) is 5.88 Å². The molecule has 1 aromatic heterocycles. The summed E-state index contributed by atoms with van der Waals surface area (Å²) < 4.78 is 4.82. The van der Waals surface area contributed by atoms with Crippen molar-refractivity contribution in [1.82, 2.24) is 5.32 Å². The number of furan rings is 1. The minimum absolute atomic E-state index is 0.124. The Morgan fingerprint density at radius 3 is 2.92 bits per heavy atom. The highest BCUT2D eigenvalue weighted by molar-refractivity contribution is 7.80. The van der Waals surface area contributed by atoms with Gasteiger partial charge in [0.1, 0.15) is 10.7 Å². The number of nitrogens with one attached hydrogen (secondary N) is 1. The molecule has 0 saturated carbocycles. The zero-order valence-corrected chi connectivity index (χ0v) is 7.34. The highest BCUT2D eigenvalue weighted by Gasteiger charge is 2.10. The van der Waals surface area contributed by atoms with E-state index in [2.05, 4.69) is 17.5 Å². The summed E-state index contributed by atoms with van der Waals surface area (Å²) in [6.07, 6.45) is 0. The van der Waals surface area contributed by atoms with E-state index < -0.39 is 4.92 Å². The smallest absolute Gasteiger partial charge is 0.404 e. The molecule has 0 aromatic carbocycles. The van der Waals surface area contributed by atoms with Crippen molar-refractivity contribution in [3.8, 4) is 0 Å². The molecule has 70 valence electrons. The third kappa shape index (κ3) is 2.71. The Morgan fingerprint density at radius 1 is 1.77 bits per heavy atom. The van der Waals surface area contributed by atoms with Crippen molar-refractivity contribution in [3.05, 3.63) is 28.0 Å². The van der Waals surface area contributed by atoms with E-state index in [0.29, 0.717) is 5.76 Å². The van der Waals surface area contributed by atoms with Crippen LogP contribution in [0.3, 0.4) is 0 Å². The lowest BCUT2D eigenvalue weighted by molar-refractivity contribution is -0.402. The molecule has 1 aromatic rings. The quantitative estimate of drug-likeness (QED) is 0.420. The Balaban J connectivity index is 2.59. The average Bonchev–Trinajstić information content (AvgIpc) is 2.48. The van der Waals surface area contributed by atoms with Crippen molar-refractivity contribution in [3.63, 3.8) is 0 Å². The number of hydrogen-bond donors (Lipinski definition) is 2. The molecule has 1 heterocycles. The first kappa shape index (κ1) is 9.46. The maximum Gasteiger partial charge on any atom is 0.433 e. The van der Waals surface area contributed by atoms with Crippen LogP contribution in [0.15, 0.2) is 16.5 Å². The van der Waals surface area contributed by atoms with E-state index in [1.165, 1.54) is 12.1 Å². The SMILES string of the molecule is NC(=S)NCc1ccc([N+](=O)[O-])o1. The second-order valence-electron chi connectivity index (χ2n) is 2.21. The van der Waals surface area contributed by atoms with Crippen molar-refractivity contribution in [1.29, 1.82) is 0 Å². The molecular formula is C6H7N3O3S. The normalized spacial score (nSPS) is 9.54. The van der Waals surface area contributed by atoms with Crippen molar-refractivity contribution in [2.75, 3.05) is 0 Å². The van der Waals surface area contributed by atoms with E-state index in [-0.39, 0.29) is 17.5 Å². The predicted octanol–water partition coefficient (Wildman–Crippen LogP) is 0.521. The summed E-state index contributed by atoms with van der Waals surface area (Å²) in [5.74, 6) is 0.124. The van der Waals surface area contributed by atoms with Gasteiger partial charge in [-0.25, -0.2) is 0 Å². The van der Waals surface area contributed by atoms with Crippen LogP contribution in [0, 0.1) is 10.1 Å². The van der Waals surface area contributed by atoms with Crippen LogP contribution in [0.2, 0.25) is 0 Å². The molecular weight excluding hydrogens is 194 g/mol. The molecule has 1 rings (SSSR count). The molecule has 0 aliphatic carbocycles. The predicted molar refractivity (Wildman–Crippen MR) is 49.0 cm³/mol. The van der Waals surface area contributed by atoms with E-state index in [1.54, 1.807) is 0 Å². The van der Waals surface area contributed by atoms with Gasteiger partial charge in [0.15, 0.2) is 5.11 Å². The van der Waals surface area contributed by atoms with Crippen molar-refractivity contribution < 1.29 is 9.34 Å². The number of thiocarbonyl (C=S) groups is 1. The molecule has 0 bridgehead atoms. The minimum Gasteiger partial charge on any atom is -0.404 e. The molecule has 0 radical (unpaired) electrons. The summed E-state index contributed by atoms with van der Waals surface area (Å²) in [6, 6.07) is 2.76. The summed E-state index contributed by atoms with van der Waals surface area (Å²) in [4.78, 5) is 9.59. The molecule has 0 saturated heterocycles. The van der Waals surface area contributed by atoms with Crippen LogP contribution in [-0.2, 0) is 6.54 Å². The number of hydrogen-bond acceptors (Lipinski definition) is 4. The fourth-order valence-corrected chi connectivity index (χ4v) is 0.806. The molecule has 0 aliphatic rings. The molecule has 3 N–H and O–H groups in total. The van der Waals surface area contributed by atoms with Crippen LogP contribution in [0.1, 0.15) is 5.76 Å². The highest BCUT2D eigenvalue weighted by Crippen LogP contribution is 2.14. The van der Waals surface area contributed by atoms with E-state index in [1.807, 2.05) is 0 Å². The second kappa shape index (κ2) is 3.85. The minimum atomic E-state index is -0.607. The van der Waals surface area contributed by atoms with Gasteiger partial charge < -0.3 is 15.5 Å². The molecule has 7 heteroatoms. The van der Waals surface area contributed by atoms with Gasteiger partial charge in [-0.15, -0.1) is 0 Å². The highest BCUT2D eigenvalue weighted by atomic mass is 32.1. The van der Waals surface area contributed by atoms with E-state index in [0.717, 1.165) is 0 Å². The summed E-state index contributed by atoms with van der Waals surface area (Å²) >= 11 is 4.54. The topological polar surface area (TPSA) is 94.3 Å². The van der Waals surface area contributed by atoms with Crippen molar-refractivity contribution in [2.24, 2.45) is 5.73 Å². The van der Waals surface area contributed by atoms with E-state index >= 15 is 0 Å². The molecule has 13 heavy (non-hydrogen) atoms. The molecule has 0 fully saturated rings. The standard InChI is InChI=1S/C6H7N3O3S/c7-6(13)8-3-4-1-2-5(12-4)9(10)11/h1-2H,3H2,(H3,7,8,13). The maximum absolute atomic E-state index is 10.2. The Hall–Kier alpha value is -1.63. The van der Waals surface area contributed by atoms with Gasteiger partial charge in [-0.05, 0) is 18.3 Å². The Kier molecular flexibility index (Phi) is 2.80. The summed E-state index contributed by atoms with van der Waals surface area (Å²) in [7, 11) is 0. The largest absolute Gasteiger partial charge is 0.433 e. The lowest BCUT2D eigenvalue weighted by Crippen LogP contribution is -2.28. The van der Waals surface area contributed by atoms with Crippen LogP contribution < -0.4 is 11.1 Å². The van der Waals surface area contributed by atoms with E-state index in [4.69, 9.17) is 10.2 Å². The first-order chi connectivity index (χ1) is 6.09. The average molecular weight is 201 g/mol. The monoisotopic (exact) mass is 201 g/mol. The first-order valence-electron chi connectivity index (χ1n) is 3.36. The Morgan fingerprint density at radius 2 is 2.46 bits per heavy atom. The van der Waals surface area contributed by atoms with Crippen molar-refractivity contribution in [2.45, 2.75) is 6.54 Å². The lowest BCUT2D eigenvalue weighted by Gasteiger charge is -1.98. The van der Waals surface area contributed by atoms with Gasteiger partial charge in [-0.1, -0.05) is 0 Å². The van der Waals surface area contributed by atoms with Gasteiger partial charge in [0.05, 0.1) is 12.6 Å². The third-order valence-corrected chi connectivity index (χ3v) is 1.41. The van der Waals surface area contributed by atoms with Gasteiger partial charge >= 0.3 is 5.88 Å². The van der Waals surface area contributed by atoms with Crippen LogP contribution in [-0.4, -0.2) is 10.0 Å². The fourth-order valence-electron chi connectivity index (χ4n) is 0.734. The third-order valence-electron chi connectivity index (χ3n) is 1.26. The maximum atomic E-state index is 10.2. The van der Waals surface area contributed by atoms with Crippen molar-refractivity contribution >= 4 is 23.2 Å². The Bertz CT molecular complexity index is 336. The van der Waals surface area contributed by atoms with Crippen LogP contribution >= 0.6 is 12.2 Å². The summed E-state index contributed by atoms with van der Waals surface area (Å²) in [6.45, 7) is 0.253. The fraction of sp³-hybridized carbons (Fsp3) is 0.167. The zero-order chi connectivity index (χ0) is 9.84. The van der Waals surface area contributed by atoms with Gasteiger partial charge in [0.2, 0.25) is 0 Å². The second-order valence-corrected chi connectivity index (χ2v) is 2.65. The van der Waals surface area contributed by atoms with Gasteiger partial charge in [-0.2, -0.15) is 0 Å². The molecule has 0 amide bonds. The zero-order valence-electron chi connectivity index (χ0n) is 6.52. The van der Waals surface area contributed by atoms with Gasteiger partial charge in [0, 0.05) is 0 Å². The van der Waals surface area contributed by atoms with Crippen LogP contribution in [0.5, 0.6) is 0 Å². The van der Waals surface area contributed by atoms with Gasteiger partial charge in [0.25, 0.3) is 0 Å². The molecule has 0 spiro atoms. The number of nitrogens with two attached hydrogens (primary N) is 1. The molecule has 0 unspecified atom stereocenters. The molecule has 0 aliphatic heterocycles. The summed E-state index contributed by atoms with van der Waals surface area (Å²) in [5.41, 5.74) is 5.15. The lowest BCUT2D eigenvalue weighted by atomic mass is 10.4. The number of rotatable bonds is 3. The number of nitrogens with zero attached hydrogens (tertiary/aromatic N) is 1. The summed E-state index contributed by atoms with van der Waals surface area (Å²) in [5, 5.41) is 12.9. The van der Waals surface area contributed by atoms with E-state index in [9.17, 15) is 10.1 Å². The van der Waals surface area contributed by atoms with Gasteiger partial charge in [-0.3, -0.25) is 10.1 Å². The number of nitro groups is 1. The van der Waals surface area contributed by atoms with Crippen LogP contribution in [0.25, 0.3) is 0 Å². The first-order valence-corrected chi connectivity index (χ1v) is 3.77. The molecule has 0 atom stereocenters.